The number of carbonyl (C=O) groups is 5. The maximum atomic E-state index is 11.0. The van der Waals surface area contributed by atoms with Crippen LogP contribution in [-0.4, -0.2) is 145 Å². The SMILES string of the molecule is CC.CC.CC.CC.CC.CC(C)([AsH](C)(C)C)[AsH](C)(C)C.COC(=O)c1cccc[n+]1C.COC(=O)c1ccnc[n+]1C.COC(=O)c1cncc[n+]1C.COC(=O)c1nccc[n+]1C.COC(=O)c1ncnc[n+]1C.Cc1c(C)c(C)c([AsH](C)(C)C)c([AsH](C)(C)C)c1C. The number of hydrogen-bond acceptors (Lipinski definition) is 15. The molecule has 6 aromatic rings. The topological polar surface area (TPSA) is 215 Å². The molecule has 0 aliphatic rings. The Labute approximate surface area is 580 Å². The van der Waals surface area contributed by atoms with Gasteiger partial charge in [0.25, 0.3) is 18.3 Å². The molecule has 0 atom stereocenters. The van der Waals surface area contributed by atoms with Crippen LogP contribution in [0.1, 0.15) is 158 Å². The Balaban J connectivity index is -0.000000236. The summed E-state index contributed by atoms with van der Waals surface area (Å²) < 4.78 is 35.0. The van der Waals surface area contributed by atoms with Gasteiger partial charge in [0.1, 0.15) is 32.7 Å². The Morgan fingerprint density at radius 3 is 1.07 bits per heavy atom. The van der Waals surface area contributed by atoms with Crippen molar-refractivity contribution in [1.82, 2.24) is 24.9 Å². The summed E-state index contributed by atoms with van der Waals surface area (Å²) in [6, 6.07) is 8.71. The minimum absolute atomic E-state index is 0.238. The van der Waals surface area contributed by atoms with Crippen LogP contribution in [-0.2, 0) is 58.9 Å². The Kier molecular flexibility index (Phi) is 54.4. The Morgan fingerprint density at radius 2 is 0.745 bits per heavy atom. The number of methoxy groups -OCH3 is 5. The number of ether oxygens (including phenoxy) is 5. The number of carbonyl (C=O) groups excluding carboxylic acids is 5. The van der Waals surface area contributed by atoms with Crippen LogP contribution < -0.4 is 31.5 Å². The molecule has 0 aliphatic heterocycles. The molecule has 0 spiro atoms. The molecule has 0 bridgehead atoms. The van der Waals surface area contributed by atoms with Crippen molar-refractivity contribution in [1.29, 1.82) is 0 Å². The van der Waals surface area contributed by atoms with E-state index in [1.807, 2.05) is 84.0 Å². The predicted molar refractivity (Wildman–Crippen MR) is 398 cm³/mol. The van der Waals surface area contributed by atoms with E-state index >= 15 is 0 Å². The van der Waals surface area contributed by atoms with Crippen LogP contribution >= 0.6 is 0 Å². The molecular weight excluding hydrogens is 1440 g/mol. The van der Waals surface area contributed by atoms with E-state index in [4.69, 9.17) is 0 Å². The number of hydrogen-bond donors (Lipinski definition) is 0. The molecule has 94 heavy (non-hydrogen) atoms. The van der Waals surface area contributed by atoms with Crippen molar-refractivity contribution in [3.05, 3.63) is 144 Å². The number of nitrogens with zero attached hydrogens (tertiary/aromatic N) is 10. The van der Waals surface area contributed by atoms with Gasteiger partial charge in [-0.3, -0.25) is 4.98 Å². The van der Waals surface area contributed by atoms with Crippen LogP contribution in [0.2, 0.25) is 71.5 Å². The molecule has 0 N–H and O–H groups in total. The van der Waals surface area contributed by atoms with E-state index in [-0.39, 0.29) is 23.7 Å². The summed E-state index contributed by atoms with van der Waals surface area (Å²) in [4.78, 5) is 73.6. The van der Waals surface area contributed by atoms with Gasteiger partial charge in [-0.25, -0.2) is 37.7 Å². The van der Waals surface area contributed by atoms with Crippen LogP contribution in [0.5, 0.6) is 0 Å². The molecule has 6 rings (SSSR count). The number of esters is 5. The van der Waals surface area contributed by atoms with Crippen LogP contribution in [0.25, 0.3) is 0 Å². The van der Waals surface area contributed by atoms with E-state index < -0.39 is 66.1 Å². The first-order valence-corrected chi connectivity index (χ1v) is 61.6. The van der Waals surface area contributed by atoms with Gasteiger partial charge < -0.3 is 23.7 Å². The van der Waals surface area contributed by atoms with E-state index in [1.54, 1.807) is 144 Å². The van der Waals surface area contributed by atoms with Crippen molar-refractivity contribution in [3.8, 4) is 0 Å². The average Bonchev–Trinajstić information content (AvgIpc) is 0.757. The number of pyridine rings is 1. The zero-order valence-electron chi connectivity index (χ0n) is 65.7. The molecular formula is C70H133As4N10O10+5. The molecule has 5 heterocycles. The van der Waals surface area contributed by atoms with Crippen LogP contribution in [0, 0.1) is 27.7 Å². The second kappa shape index (κ2) is 51.5. The summed E-state index contributed by atoms with van der Waals surface area (Å²) in [5, 5.41) is 0. The fraction of sp³-hybridized carbons (Fsp3) is 0.557. The van der Waals surface area contributed by atoms with E-state index in [9.17, 15) is 24.0 Å². The van der Waals surface area contributed by atoms with Gasteiger partial charge in [-0.05, 0) is 11.1 Å². The van der Waals surface area contributed by atoms with Crippen molar-refractivity contribution < 1.29 is 70.5 Å². The molecule has 0 saturated heterocycles. The Hall–Kier alpha value is -5.80. The van der Waals surface area contributed by atoms with Crippen molar-refractivity contribution in [2.75, 3.05) is 35.5 Å². The first kappa shape index (κ1) is 99.3. The van der Waals surface area contributed by atoms with Crippen molar-refractivity contribution in [3.63, 3.8) is 0 Å². The zero-order valence-corrected chi connectivity index (χ0v) is 74.1. The number of benzene rings is 1. The molecule has 0 unspecified atom stereocenters. The summed E-state index contributed by atoms with van der Waals surface area (Å²) in [5.41, 5.74) is 38.4. The van der Waals surface area contributed by atoms with Gasteiger partial charge in [0, 0.05) is 24.3 Å². The maximum absolute atomic E-state index is 11.0. The van der Waals surface area contributed by atoms with Crippen molar-refractivity contribution >= 4 is 92.8 Å². The number of aryl methyl sites for hydroxylation is 5. The summed E-state index contributed by atoms with van der Waals surface area (Å²) in [5.74, 6) is -1.39. The van der Waals surface area contributed by atoms with E-state index in [0.29, 0.717) is 22.9 Å². The van der Waals surface area contributed by atoms with Gasteiger partial charge in [0.05, 0.1) is 69.1 Å². The third-order valence-electron chi connectivity index (χ3n) is 14.6. The average molecular weight is 1570 g/mol. The minimum atomic E-state index is -1.80. The van der Waals surface area contributed by atoms with E-state index in [2.05, 4.69) is 159 Å². The molecule has 5 aromatic heterocycles. The Bertz CT molecular complexity index is 2750. The molecule has 0 radical (unpaired) electrons. The number of rotatable bonds is 9. The second-order valence-electron chi connectivity index (χ2n) is 24.2. The van der Waals surface area contributed by atoms with Gasteiger partial charge in [-0.15, -0.1) is 0 Å². The van der Waals surface area contributed by atoms with Gasteiger partial charge in [-0.2, -0.15) is 9.13 Å². The summed E-state index contributed by atoms with van der Waals surface area (Å²) in [6.45, 7) is 34.4. The third-order valence-corrected chi connectivity index (χ3v) is 56.7. The van der Waals surface area contributed by atoms with Gasteiger partial charge in [0.15, 0.2) is 12.4 Å². The Morgan fingerprint density at radius 1 is 0.383 bits per heavy atom. The van der Waals surface area contributed by atoms with Crippen LogP contribution in [0.3, 0.4) is 0 Å². The fourth-order valence-corrected chi connectivity index (χ4v) is 54.9. The fourth-order valence-electron chi connectivity index (χ4n) is 8.01. The predicted octanol–water partition coefficient (Wildman–Crippen LogP) is 10.5. The van der Waals surface area contributed by atoms with E-state index in [0.717, 1.165) is 2.99 Å². The number of aromatic nitrogens is 10. The van der Waals surface area contributed by atoms with Gasteiger partial charge >= 0.3 is 245 Å². The van der Waals surface area contributed by atoms with Crippen molar-refractivity contribution in [2.24, 2.45) is 35.2 Å². The summed E-state index contributed by atoms with van der Waals surface area (Å²) in [7, 11) is 15.4. The standard InChI is InChI=1S/C16H32As2.C9H26As2.C8H10NO2.3C7H9N2O2.C6H8N3O2.5C2H6/c1-11-12(2)14(4)16(18(8,9)10)15(13(11)3)17(5,6)7;1-9(2,10(3,4)5)11(6,7)8;1-9-6-4-3-5-7(9)8(10)11-2;1-9-4-3-8-5-6(9)7(10)11-2;1-9-5-8-4-3-6(9)7(10)11-2;1-9-5-3-4-8-6(9)7(10)11-2;1-9-4-7-3-8-5(9)6(10)11-2;5*1-2/h17-18H,1-10H3;10-11H,1-8H3;3-6H,1-2H3;3*3-5H,1-2H3;3-4H,1-2H3;5*1-2H3/q;;5*+1;;;;;. The van der Waals surface area contributed by atoms with Crippen LogP contribution in [0.15, 0.2) is 92.7 Å². The third kappa shape index (κ3) is 35.3. The second-order valence-corrected chi connectivity index (χ2v) is 71.5. The normalized spacial score (nSPS) is 10.7. The van der Waals surface area contributed by atoms with E-state index in [1.165, 1.54) is 59.0 Å². The molecule has 1 aromatic carbocycles. The zero-order chi connectivity index (χ0) is 75.3. The first-order chi connectivity index (χ1) is 43.7. The molecule has 0 saturated carbocycles. The quantitative estimate of drug-likeness (QED) is 0.0569. The van der Waals surface area contributed by atoms with Crippen molar-refractivity contribution in [2.45, 2.75) is 182 Å². The summed E-state index contributed by atoms with van der Waals surface area (Å²) >= 11 is -6.46. The molecule has 20 nitrogen and oxygen atoms in total. The van der Waals surface area contributed by atoms with Gasteiger partial charge in [-0.1, -0.05) is 84.2 Å². The van der Waals surface area contributed by atoms with Gasteiger partial charge in [0.2, 0.25) is 12.0 Å². The molecule has 0 amide bonds. The molecule has 0 fully saturated rings. The molecule has 538 valence electrons. The summed E-state index contributed by atoms with van der Waals surface area (Å²) in [6.07, 6.45) is 15.7. The molecule has 0 aliphatic carbocycles. The monoisotopic (exact) mass is 1570 g/mol. The first-order valence-electron chi connectivity index (χ1n) is 32.2. The van der Waals surface area contributed by atoms with Crippen LogP contribution in [0.4, 0.5) is 0 Å². The molecule has 24 heteroatoms.